The van der Waals surface area contributed by atoms with Crippen LogP contribution in [0.1, 0.15) is 0 Å². The largest absolute Gasteiger partial charge is 0.514 e. The first-order chi connectivity index (χ1) is 12.6. The maximum Gasteiger partial charge on any atom is 0.514 e. The highest BCUT2D eigenvalue weighted by atomic mass is 16.7. The molecule has 0 fully saturated rings. The van der Waals surface area contributed by atoms with Crippen molar-refractivity contribution in [2.45, 2.75) is 0 Å². The molecule has 0 saturated carbocycles. The number of hydrogen-bond acceptors (Lipinski definition) is 6. The Balaban J connectivity index is 1.96. The summed E-state index contributed by atoms with van der Waals surface area (Å²) in [5.74, 6) is 4.99. The molecule has 6 heteroatoms. The number of benzene rings is 2. The monoisotopic (exact) mass is 350 g/mol. The summed E-state index contributed by atoms with van der Waals surface area (Å²) in [6.07, 6.45) is 8.24. The van der Waals surface area contributed by atoms with Crippen LogP contribution in [0.25, 0.3) is 11.1 Å². The summed E-state index contributed by atoms with van der Waals surface area (Å²) >= 11 is 0. The highest BCUT2D eigenvalue weighted by Crippen LogP contribution is 2.25. The van der Waals surface area contributed by atoms with Crippen LogP contribution in [-0.2, 0) is 9.47 Å². The maximum absolute atomic E-state index is 11.3. The molecular weight excluding hydrogens is 336 g/mol. The van der Waals surface area contributed by atoms with Crippen LogP contribution in [0.3, 0.4) is 0 Å². The van der Waals surface area contributed by atoms with Crippen molar-refractivity contribution in [1.29, 1.82) is 0 Å². The molecule has 2 rings (SSSR count). The van der Waals surface area contributed by atoms with E-state index in [2.05, 4.69) is 21.3 Å². The predicted octanol–water partition coefficient (Wildman–Crippen LogP) is 3.65. The highest BCUT2D eigenvalue weighted by Gasteiger charge is 2.07. The number of carbonyl (C=O) groups is 2. The van der Waals surface area contributed by atoms with Crippen LogP contribution in [0.5, 0.6) is 11.5 Å². The Bertz CT molecular complexity index is 764. The fraction of sp³-hybridized carbons (Fsp3) is 0.100. The Morgan fingerprint density at radius 3 is 1.35 bits per heavy atom. The first-order valence-corrected chi connectivity index (χ1v) is 7.39. The minimum absolute atomic E-state index is 0.151. The van der Waals surface area contributed by atoms with Gasteiger partial charge in [0.25, 0.3) is 0 Å². The molecule has 0 heterocycles. The molecule has 0 radical (unpaired) electrons. The zero-order valence-electron chi connectivity index (χ0n) is 13.6. The number of ether oxygens (including phenoxy) is 4. The molecule has 0 spiro atoms. The van der Waals surface area contributed by atoms with E-state index in [9.17, 15) is 9.59 Å². The van der Waals surface area contributed by atoms with Gasteiger partial charge >= 0.3 is 12.3 Å². The smallest absolute Gasteiger partial charge is 0.421 e. The van der Waals surface area contributed by atoms with E-state index < -0.39 is 12.3 Å². The molecule has 0 aliphatic rings. The van der Waals surface area contributed by atoms with Crippen molar-refractivity contribution in [3.8, 4) is 47.3 Å². The summed E-state index contributed by atoms with van der Waals surface area (Å²) < 4.78 is 19.2. The third-order valence-electron chi connectivity index (χ3n) is 2.99. The molecule has 130 valence electrons. The summed E-state index contributed by atoms with van der Waals surface area (Å²) in [5, 5.41) is 0. The molecule has 0 aromatic heterocycles. The highest BCUT2D eigenvalue weighted by molar-refractivity contribution is 5.68. The molecular formula is C20H14O6. The van der Waals surface area contributed by atoms with Crippen LogP contribution in [0.4, 0.5) is 9.59 Å². The fourth-order valence-corrected chi connectivity index (χ4v) is 1.88. The maximum atomic E-state index is 11.3. The van der Waals surface area contributed by atoms with Gasteiger partial charge in [0.1, 0.15) is 11.5 Å². The molecule has 0 unspecified atom stereocenters. The molecule has 26 heavy (non-hydrogen) atoms. The van der Waals surface area contributed by atoms with Crippen molar-refractivity contribution in [3.05, 3.63) is 48.5 Å². The van der Waals surface area contributed by atoms with Crippen LogP contribution in [0, 0.1) is 24.7 Å². The van der Waals surface area contributed by atoms with Gasteiger partial charge < -0.3 is 18.9 Å². The van der Waals surface area contributed by atoms with Crippen LogP contribution in [0.2, 0.25) is 0 Å². The van der Waals surface area contributed by atoms with Gasteiger partial charge in [-0.1, -0.05) is 36.1 Å². The summed E-state index contributed by atoms with van der Waals surface area (Å²) in [5.41, 5.74) is 1.74. The first kappa shape index (κ1) is 18.4. The first-order valence-electron chi connectivity index (χ1n) is 7.39. The zero-order valence-corrected chi connectivity index (χ0v) is 13.6. The number of rotatable bonds is 5. The zero-order chi connectivity index (χ0) is 18.8. The van der Waals surface area contributed by atoms with Gasteiger partial charge in [-0.25, -0.2) is 9.59 Å². The Hall–Kier alpha value is -3.90. The Labute approximate surface area is 150 Å². The standard InChI is InChI=1S/C20H14O6/c1-3-13-23-19(21)25-17-9-5-15(6-10-17)16-7-11-18(12-8-16)26-20(22)24-14-4-2/h1-2,5-12H,13-14H2. The SMILES string of the molecule is C#CCOC(=O)Oc1ccc(-c2ccc(OC(=O)OCC#C)cc2)cc1. The minimum atomic E-state index is -0.867. The van der Waals surface area contributed by atoms with Gasteiger partial charge in [0.05, 0.1) is 0 Å². The third-order valence-corrected chi connectivity index (χ3v) is 2.99. The molecule has 0 aliphatic carbocycles. The van der Waals surface area contributed by atoms with E-state index in [1.807, 2.05) is 0 Å². The number of carbonyl (C=O) groups excluding carboxylic acids is 2. The van der Waals surface area contributed by atoms with Crippen LogP contribution in [0.15, 0.2) is 48.5 Å². The molecule has 6 nitrogen and oxygen atoms in total. The van der Waals surface area contributed by atoms with Crippen LogP contribution in [-0.4, -0.2) is 25.5 Å². The van der Waals surface area contributed by atoms with Crippen molar-refractivity contribution >= 4 is 12.3 Å². The lowest BCUT2D eigenvalue weighted by molar-refractivity contribution is 0.110. The van der Waals surface area contributed by atoms with Gasteiger partial charge in [-0.3, -0.25) is 0 Å². The second kappa shape index (κ2) is 9.41. The van der Waals surface area contributed by atoms with E-state index in [1.54, 1.807) is 48.5 Å². The van der Waals surface area contributed by atoms with E-state index in [4.69, 9.17) is 22.3 Å². The molecule has 0 amide bonds. The lowest BCUT2D eigenvalue weighted by Gasteiger charge is -2.07. The van der Waals surface area contributed by atoms with Crippen molar-refractivity contribution in [2.24, 2.45) is 0 Å². The predicted molar refractivity (Wildman–Crippen MR) is 93.5 cm³/mol. The van der Waals surface area contributed by atoms with Gasteiger partial charge in [-0.15, -0.1) is 12.8 Å². The molecule has 0 N–H and O–H groups in total. The van der Waals surface area contributed by atoms with Gasteiger partial charge in [0, 0.05) is 0 Å². The van der Waals surface area contributed by atoms with Crippen LogP contribution < -0.4 is 9.47 Å². The molecule has 0 bridgehead atoms. The third kappa shape index (κ3) is 5.63. The van der Waals surface area contributed by atoms with Crippen molar-refractivity contribution in [2.75, 3.05) is 13.2 Å². The van der Waals surface area contributed by atoms with Gasteiger partial charge in [0.15, 0.2) is 13.2 Å². The average molecular weight is 350 g/mol. The van der Waals surface area contributed by atoms with E-state index in [1.165, 1.54) is 0 Å². The minimum Gasteiger partial charge on any atom is -0.421 e. The molecule has 0 atom stereocenters. The summed E-state index contributed by atoms with van der Waals surface area (Å²) in [7, 11) is 0. The van der Waals surface area contributed by atoms with Gasteiger partial charge in [-0.05, 0) is 35.4 Å². The van der Waals surface area contributed by atoms with E-state index in [0.717, 1.165) is 11.1 Å². The lowest BCUT2D eigenvalue weighted by atomic mass is 10.1. The summed E-state index contributed by atoms with van der Waals surface area (Å²) in [4.78, 5) is 22.6. The average Bonchev–Trinajstić information content (AvgIpc) is 2.66. The fourth-order valence-electron chi connectivity index (χ4n) is 1.88. The molecule has 0 aliphatic heterocycles. The number of terminal acetylenes is 2. The normalized spacial score (nSPS) is 9.31. The van der Waals surface area contributed by atoms with Gasteiger partial charge in [-0.2, -0.15) is 0 Å². The van der Waals surface area contributed by atoms with E-state index in [0.29, 0.717) is 11.5 Å². The van der Waals surface area contributed by atoms with Crippen LogP contribution >= 0.6 is 0 Å². The molecule has 2 aromatic rings. The number of hydrogen-bond donors (Lipinski definition) is 0. The van der Waals surface area contributed by atoms with Crippen molar-refractivity contribution < 1.29 is 28.5 Å². The van der Waals surface area contributed by atoms with E-state index in [-0.39, 0.29) is 13.2 Å². The second-order valence-electron chi connectivity index (χ2n) is 4.74. The molecule has 2 aromatic carbocycles. The molecule has 0 saturated heterocycles. The topological polar surface area (TPSA) is 71.1 Å². The lowest BCUT2D eigenvalue weighted by Crippen LogP contribution is -2.10. The Morgan fingerprint density at radius 2 is 1.04 bits per heavy atom. The summed E-state index contributed by atoms with van der Waals surface area (Å²) in [6.45, 7) is -0.302. The second-order valence-corrected chi connectivity index (χ2v) is 4.74. The van der Waals surface area contributed by atoms with Gasteiger partial charge in [0.2, 0.25) is 0 Å². The van der Waals surface area contributed by atoms with E-state index >= 15 is 0 Å². The quantitative estimate of drug-likeness (QED) is 0.466. The Morgan fingerprint density at radius 1 is 0.692 bits per heavy atom. The van der Waals surface area contributed by atoms with Crippen molar-refractivity contribution in [1.82, 2.24) is 0 Å². The summed E-state index contributed by atoms with van der Waals surface area (Å²) in [6, 6.07) is 13.5. The Kier molecular flexibility index (Phi) is 6.67. The van der Waals surface area contributed by atoms with Crippen molar-refractivity contribution in [3.63, 3.8) is 0 Å².